The van der Waals surface area contributed by atoms with E-state index in [1.54, 1.807) is 13.0 Å². The van der Waals surface area contributed by atoms with Crippen LogP contribution in [0.25, 0.3) is 22.2 Å². The summed E-state index contributed by atoms with van der Waals surface area (Å²) in [5.74, 6) is 6.11. The Balaban J connectivity index is 2.84. The van der Waals surface area contributed by atoms with E-state index in [0.717, 1.165) is 28.5 Å². The third kappa shape index (κ3) is 2.82. The summed E-state index contributed by atoms with van der Waals surface area (Å²) in [6.07, 6.45) is 4.51. The molecule has 2 nitrogen and oxygen atoms in total. The number of hydrogen-bond acceptors (Lipinski definition) is 2. The van der Waals surface area contributed by atoms with E-state index in [4.69, 9.17) is 4.42 Å². The summed E-state index contributed by atoms with van der Waals surface area (Å²) in [7, 11) is 0. The summed E-state index contributed by atoms with van der Waals surface area (Å²) in [6.45, 7) is 11.6. The molecule has 0 spiro atoms. The van der Waals surface area contributed by atoms with Crippen LogP contribution in [0.15, 0.2) is 23.3 Å². The molecule has 0 saturated carbocycles. The van der Waals surface area contributed by atoms with Crippen molar-refractivity contribution in [2.45, 2.75) is 40.5 Å². The minimum atomic E-state index is -0.292. The van der Waals surface area contributed by atoms with Crippen LogP contribution < -0.4 is 0 Å². The average Bonchev–Trinajstić information content (AvgIpc) is 2.87. The maximum Gasteiger partial charge on any atom is 0.227 e. The number of furan rings is 1. The van der Waals surface area contributed by atoms with Crippen LogP contribution >= 0.6 is 0 Å². The molecule has 0 aliphatic heterocycles. The molecule has 0 bridgehead atoms. The van der Waals surface area contributed by atoms with Gasteiger partial charge < -0.3 is 4.42 Å². The smallest absolute Gasteiger partial charge is 0.227 e. The lowest BCUT2D eigenvalue weighted by molar-refractivity contribution is 0.575. The highest BCUT2D eigenvalue weighted by Crippen LogP contribution is 2.37. The number of rotatable bonds is 4. The van der Waals surface area contributed by atoms with E-state index in [2.05, 4.69) is 23.4 Å². The van der Waals surface area contributed by atoms with Crippen molar-refractivity contribution in [3.05, 3.63) is 41.6 Å². The van der Waals surface area contributed by atoms with Gasteiger partial charge in [-0.15, -0.1) is 5.92 Å². The van der Waals surface area contributed by atoms with Gasteiger partial charge in [0.15, 0.2) is 0 Å². The first-order valence-corrected chi connectivity index (χ1v) is 7.36. The molecule has 0 radical (unpaired) electrons. The molecule has 0 aliphatic carbocycles. The summed E-state index contributed by atoms with van der Waals surface area (Å²) in [5, 5.41) is 0.738. The summed E-state index contributed by atoms with van der Waals surface area (Å²) < 4.78 is 20.1. The number of pyridine rings is 1. The van der Waals surface area contributed by atoms with E-state index in [0.29, 0.717) is 23.5 Å². The largest absolute Gasteiger partial charge is 0.437 e. The van der Waals surface area contributed by atoms with Crippen LogP contribution in [0.2, 0.25) is 0 Å². The van der Waals surface area contributed by atoms with Crippen LogP contribution in [0.1, 0.15) is 51.0 Å². The molecule has 22 heavy (non-hydrogen) atoms. The van der Waals surface area contributed by atoms with Crippen molar-refractivity contribution < 1.29 is 8.81 Å². The Morgan fingerprint density at radius 3 is 2.77 bits per heavy atom. The number of halogens is 1. The quantitative estimate of drug-likeness (QED) is 0.708. The summed E-state index contributed by atoms with van der Waals surface area (Å²) in [6, 6.07) is 0. The second-order valence-corrected chi connectivity index (χ2v) is 5.32. The fraction of sp³-hybridized carbons (Fsp3) is 0.316. The third-order valence-electron chi connectivity index (χ3n) is 3.49. The number of allylic oxidation sites excluding steroid dienone is 3. The predicted molar refractivity (Wildman–Crippen MR) is 89.8 cm³/mol. The van der Waals surface area contributed by atoms with Gasteiger partial charge in [-0.1, -0.05) is 25.8 Å². The standard InChI is InChI=1S/C19H20FNO/c1-6-8-10-13(5)18-16(12(3)4)17-14(9-7-2)15(20)11-21-19(17)22-18/h10-11H,3,7,9H2,1-2,4-5H3/b13-10+. The Morgan fingerprint density at radius 2 is 2.18 bits per heavy atom. The van der Waals surface area contributed by atoms with E-state index >= 15 is 0 Å². The third-order valence-corrected chi connectivity index (χ3v) is 3.49. The second-order valence-electron chi connectivity index (χ2n) is 5.32. The molecule has 3 heteroatoms. The van der Waals surface area contributed by atoms with Gasteiger partial charge in [0, 0.05) is 16.7 Å². The highest BCUT2D eigenvalue weighted by atomic mass is 19.1. The number of fused-ring (bicyclic) bond motifs is 1. The van der Waals surface area contributed by atoms with Crippen molar-refractivity contribution in [1.29, 1.82) is 0 Å². The van der Waals surface area contributed by atoms with Crippen molar-refractivity contribution in [3.8, 4) is 11.8 Å². The zero-order valence-electron chi connectivity index (χ0n) is 13.5. The highest BCUT2D eigenvalue weighted by Gasteiger charge is 2.21. The van der Waals surface area contributed by atoms with Crippen LogP contribution in [0, 0.1) is 17.7 Å². The molecular weight excluding hydrogens is 277 g/mol. The zero-order chi connectivity index (χ0) is 16.3. The molecule has 0 aromatic carbocycles. The van der Waals surface area contributed by atoms with Crippen molar-refractivity contribution in [3.63, 3.8) is 0 Å². The lowest BCUT2D eigenvalue weighted by Gasteiger charge is -2.06. The molecule has 0 aliphatic rings. The van der Waals surface area contributed by atoms with E-state index in [1.807, 2.05) is 20.8 Å². The van der Waals surface area contributed by atoms with Gasteiger partial charge in [0.1, 0.15) is 11.6 Å². The Morgan fingerprint density at radius 1 is 1.45 bits per heavy atom. The van der Waals surface area contributed by atoms with E-state index < -0.39 is 0 Å². The van der Waals surface area contributed by atoms with Crippen LogP contribution in [-0.2, 0) is 6.42 Å². The van der Waals surface area contributed by atoms with Gasteiger partial charge in [0.25, 0.3) is 0 Å². The van der Waals surface area contributed by atoms with Gasteiger partial charge in [0.05, 0.1) is 11.6 Å². The maximum atomic E-state index is 14.2. The highest BCUT2D eigenvalue weighted by molar-refractivity contribution is 5.96. The van der Waals surface area contributed by atoms with Crippen molar-refractivity contribution in [1.82, 2.24) is 4.98 Å². The minimum Gasteiger partial charge on any atom is -0.437 e. The first-order valence-electron chi connectivity index (χ1n) is 7.36. The van der Waals surface area contributed by atoms with Crippen LogP contribution in [0.4, 0.5) is 4.39 Å². The number of nitrogens with zero attached hydrogens (tertiary/aromatic N) is 1. The summed E-state index contributed by atoms with van der Waals surface area (Å²) in [5.41, 5.74) is 3.64. The van der Waals surface area contributed by atoms with Gasteiger partial charge in [-0.2, -0.15) is 0 Å². The van der Waals surface area contributed by atoms with Crippen molar-refractivity contribution in [2.24, 2.45) is 0 Å². The fourth-order valence-electron chi connectivity index (χ4n) is 2.53. The zero-order valence-corrected chi connectivity index (χ0v) is 13.5. The van der Waals surface area contributed by atoms with E-state index in [9.17, 15) is 4.39 Å². The second kappa shape index (κ2) is 6.62. The Kier molecular flexibility index (Phi) is 4.82. The molecule has 2 aromatic heterocycles. The fourth-order valence-corrected chi connectivity index (χ4v) is 2.53. The van der Waals surface area contributed by atoms with Gasteiger partial charge >= 0.3 is 0 Å². The molecule has 0 fully saturated rings. The first-order chi connectivity index (χ1) is 10.5. The van der Waals surface area contributed by atoms with Gasteiger partial charge in [-0.05, 0) is 38.8 Å². The van der Waals surface area contributed by atoms with E-state index in [-0.39, 0.29) is 5.82 Å². The van der Waals surface area contributed by atoms with Crippen molar-refractivity contribution in [2.75, 3.05) is 0 Å². The summed E-state index contributed by atoms with van der Waals surface area (Å²) >= 11 is 0. The van der Waals surface area contributed by atoms with Gasteiger partial charge in [0.2, 0.25) is 5.71 Å². The van der Waals surface area contributed by atoms with E-state index in [1.165, 1.54) is 6.20 Å². The Labute approximate surface area is 130 Å². The monoisotopic (exact) mass is 297 g/mol. The Hall–Kier alpha value is -2.34. The predicted octanol–water partition coefficient (Wildman–Crippen LogP) is 5.38. The molecule has 0 atom stereocenters. The lowest BCUT2D eigenvalue weighted by atomic mass is 9.97. The average molecular weight is 297 g/mol. The molecular formula is C19H20FNO. The number of hydrogen-bond donors (Lipinski definition) is 0. The van der Waals surface area contributed by atoms with Crippen LogP contribution in [-0.4, -0.2) is 4.98 Å². The minimum absolute atomic E-state index is 0.292. The van der Waals surface area contributed by atoms with Gasteiger partial charge in [-0.3, -0.25) is 0 Å². The molecule has 2 aromatic rings. The molecule has 114 valence electrons. The maximum absolute atomic E-state index is 14.2. The first kappa shape index (κ1) is 16.0. The Bertz CT molecular complexity index is 815. The van der Waals surface area contributed by atoms with Gasteiger partial charge in [-0.25, -0.2) is 9.37 Å². The molecule has 2 heterocycles. The molecule has 0 unspecified atom stereocenters. The topological polar surface area (TPSA) is 26.0 Å². The molecule has 0 saturated heterocycles. The molecule has 2 rings (SSSR count). The number of aromatic nitrogens is 1. The van der Waals surface area contributed by atoms with Crippen molar-refractivity contribution >= 4 is 22.2 Å². The molecule has 0 amide bonds. The lowest BCUT2D eigenvalue weighted by Crippen LogP contribution is -1.95. The van der Waals surface area contributed by atoms with Crippen LogP contribution in [0.5, 0.6) is 0 Å². The summed E-state index contributed by atoms with van der Waals surface area (Å²) in [4.78, 5) is 4.10. The normalized spacial score (nSPS) is 11.4. The SMILES string of the molecule is C=C(C)c1c(/C(C)=C/C#CC)oc2ncc(F)c(CCC)c12. The van der Waals surface area contributed by atoms with Crippen LogP contribution in [0.3, 0.4) is 0 Å². The number of aryl methyl sites for hydroxylation is 1. The molecule has 0 N–H and O–H groups in total.